The van der Waals surface area contributed by atoms with E-state index in [1.54, 1.807) is 19.9 Å². The van der Waals surface area contributed by atoms with Gasteiger partial charge in [0, 0.05) is 25.6 Å². The second kappa shape index (κ2) is 8.63. The van der Waals surface area contributed by atoms with E-state index >= 15 is 0 Å². The van der Waals surface area contributed by atoms with Crippen molar-refractivity contribution in [3.05, 3.63) is 57.6 Å². The van der Waals surface area contributed by atoms with Crippen molar-refractivity contribution in [1.82, 2.24) is 0 Å². The first-order valence-corrected chi connectivity index (χ1v) is 10.1. The summed E-state index contributed by atoms with van der Waals surface area (Å²) < 4.78 is 6.89. The van der Waals surface area contributed by atoms with Crippen LogP contribution in [0.25, 0.3) is 0 Å². The van der Waals surface area contributed by atoms with Gasteiger partial charge in [-0.15, -0.1) is 0 Å². The Morgan fingerprint density at radius 3 is 2.61 bits per heavy atom. The molecule has 1 amide bonds. The number of pyridine rings is 1. The Morgan fingerprint density at radius 2 is 1.89 bits per heavy atom. The number of aryl methyl sites for hydroxylation is 2. The third kappa shape index (κ3) is 4.29. The molecule has 1 aliphatic carbocycles. The second-order valence-electron chi connectivity index (χ2n) is 7.92. The van der Waals surface area contributed by atoms with Crippen molar-refractivity contribution in [1.29, 1.82) is 0 Å². The summed E-state index contributed by atoms with van der Waals surface area (Å²) in [4.78, 5) is 13.1. The van der Waals surface area contributed by atoms with E-state index in [9.17, 15) is 10.0 Å². The van der Waals surface area contributed by atoms with Gasteiger partial charge in [0.1, 0.15) is 11.3 Å². The molecular formula is C23H30N2O3. The van der Waals surface area contributed by atoms with Crippen molar-refractivity contribution in [3.63, 3.8) is 0 Å². The molecule has 28 heavy (non-hydrogen) atoms. The summed E-state index contributed by atoms with van der Waals surface area (Å²) in [5.41, 5.74) is 4.07. The van der Waals surface area contributed by atoms with Crippen LogP contribution < -0.4 is 14.8 Å². The molecule has 150 valence electrons. The van der Waals surface area contributed by atoms with E-state index in [4.69, 9.17) is 4.74 Å². The van der Waals surface area contributed by atoms with Gasteiger partial charge in [-0.1, -0.05) is 31.4 Å². The van der Waals surface area contributed by atoms with Crippen molar-refractivity contribution in [2.45, 2.75) is 59.8 Å². The topological polar surface area (TPSA) is 65.3 Å². The lowest BCUT2D eigenvalue weighted by Gasteiger charge is -2.23. The summed E-state index contributed by atoms with van der Waals surface area (Å²) in [6.45, 7) is 7.98. The summed E-state index contributed by atoms with van der Waals surface area (Å²) in [7, 11) is 0. The number of hydrogen-bond donors (Lipinski definition) is 1. The number of aromatic nitrogens is 1. The molecule has 3 rings (SSSR count). The number of benzene rings is 1. The predicted octanol–water partition coefficient (Wildman–Crippen LogP) is 4.77. The molecule has 2 aromatic rings. The Hall–Kier alpha value is -2.56. The molecule has 0 atom stereocenters. The van der Waals surface area contributed by atoms with Gasteiger partial charge in [0.05, 0.1) is 6.61 Å². The second-order valence-corrected chi connectivity index (χ2v) is 7.92. The largest absolute Gasteiger partial charge is 0.618 e. The van der Waals surface area contributed by atoms with Crippen LogP contribution in [0.15, 0.2) is 24.3 Å². The van der Waals surface area contributed by atoms with E-state index in [-0.39, 0.29) is 5.91 Å². The molecule has 0 unspecified atom stereocenters. The Bertz CT molecular complexity index is 871. The Morgan fingerprint density at radius 1 is 1.18 bits per heavy atom. The number of ether oxygens (including phenoxy) is 1. The van der Waals surface area contributed by atoms with Gasteiger partial charge < -0.3 is 15.3 Å². The number of anilines is 1. The molecule has 1 aromatic carbocycles. The fourth-order valence-electron chi connectivity index (χ4n) is 3.89. The van der Waals surface area contributed by atoms with E-state index < -0.39 is 0 Å². The van der Waals surface area contributed by atoms with Gasteiger partial charge in [0.15, 0.2) is 5.69 Å². The molecule has 0 spiro atoms. The zero-order chi connectivity index (χ0) is 20.3. The standard InChI is InChI=1S/C23H30N2O3/c1-15-9-8-12-20(17(15)3)24-23(26)22-18(4)25(27)16(2)13-21(22)28-14-19-10-6-5-7-11-19/h8-9,12-13,19H,5-7,10-11,14H2,1-4H3,(H,24,26). The van der Waals surface area contributed by atoms with Crippen LogP contribution in [-0.4, -0.2) is 12.5 Å². The third-order valence-electron chi connectivity index (χ3n) is 5.85. The van der Waals surface area contributed by atoms with Gasteiger partial charge in [-0.05, 0) is 49.8 Å². The molecule has 1 aromatic heterocycles. The highest BCUT2D eigenvalue weighted by atomic mass is 16.5. The highest BCUT2D eigenvalue weighted by molar-refractivity contribution is 6.07. The van der Waals surface area contributed by atoms with Crippen molar-refractivity contribution < 1.29 is 14.3 Å². The van der Waals surface area contributed by atoms with Crippen molar-refractivity contribution >= 4 is 11.6 Å². The third-order valence-corrected chi connectivity index (χ3v) is 5.85. The minimum atomic E-state index is -0.311. The maximum Gasteiger partial charge on any atom is 0.265 e. The molecule has 0 saturated heterocycles. The zero-order valence-electron chi connectivity index (χ0n) is 17.3. The average molecular weight is 383 g/mol. The van der Waals surface area contributed by atoms with E-state index in [1.807, 2.05) is 32.0 Å². The van der Waals surface area contributed by atoms with Crippen LogP contribution >= 0.6 is 0 Å². The van der Waals surface area contributed by atoms with Gasteiger partial charge in [-0.25, -0.2) is 0 Å². The number of carbonyl (C=O) groups is 1. The predicted molar refractivity (Wildman–Crippen MR) is 111 cm³/mol. The number of carbonyl (C=O) groups excluding carboxylic acids is 1. The fraction of sp³-hybridized carbons (Fsp3) is 0.478. The summed E-state index contributed by atoms with van der Waals surface area (Å²) in [5.74, 6) is 0.703. The molecule has 5 heteroatoms. The number of hydrogen-bond acceptors (Lipinski definition) is 3. The van der Waals surface area contributed by atoms with Crippen LogP contribution in [0.5, 0.6) is 5.75 Å². The number of nitrogens with zero attached hydrogens (tertiary/aromatic N) is 1. The highest BCUT2D eigenvalue weighted by Gasteiger charge is 2.25. The van der Waals surface area contributed by atoms with Gasteiger partial charge in [0.25, 0.3) is 5.91 Å². The maximum atomic E-state index is 13.1. The van der Waals surface area contributed by atoms with Crippen LogP contribution in [0.3, 0.4) is 0 Å². The number of amides is 1. The van der Waals surface area contributed by atoms with Gasteiger partial charge in [-0.2, -0.15) is 4.73 Å². The SMILES string of the molecule is Cc1cccc(NC(=O)c2c(OCC3CCCCC3)cc(C)[n+]([O-])c2C)c1C. The van der Waals surface area contributed by atoms with Crippen LogP contribution in [0, 0.1) is 38.8 Å². The fourth-order valence-corrected chi connectivity index (χ4v) is 3.89. The van der Waals surface area contributed by atoms with Crippen LogP contribution in [-0.2, 0) is 0 Å². The van der Waals surface area contributed by atoms with Crippen LogP contribution in [0.1, 0.15) is 65.0 Å². The summed E-state index contributed by atoms with van der Waals surface area (Å²) >= 11 is 0. The first-order valence-electron chi connectivity index (χ1n) is 10.1. The van der Waals surface area contributed by atoms with Crippen molar-refractivity contribution in [2.24, 2.45) is 5.92 Å². The molecular weight excluding hydrogens is 352 g/mol. The van der Waals surface area contributed by atoms with Crippen molar-refractivity contribution in [3.8, 4) is 5.75 Å². The van der Waals surface area contributed by atoms with E-state index in [0.717, 1.165) is 34.4 Å². The molecule has 1 fully saturated rings. The lowest BCUT2D eigenvalue weighted by atomic mass is 9.90. The molecule has 0 radical (unpaired) electrons. The molecule has 5 nitrogen and oxygen atoms in total. The summed E-state index contributed by atoms with van der Waals surface area (Å²) in [5, 5.41) is 15.4. The minimum Gasteiger partial charge on any atom is -0.618 e. The summed E-state index contributed by atoms with van der Waals surface area (Å²) in [6.07, 6.45) is 6.09. The molecule has 1 saturated carbocycles. The lowest BCUT2D eigenvalue weighted by Crippen LogP contribution is -2.37. The van der Waals surface area contributed by atoms with Gasteiger partial charge in [0.2, 0.25) is 5.69 Å². The van der Waals surface area contributed by atoms with Crippen LogP contribution in [0.4, 0.5) is 5.69 Å². The average Bonchev–Trinajstić information content (AvgIpc) is 2.68. The molecule has 0 aliphatic heterocycles. The minimum absolute atomic E-state index is 0.311. The quantitative estimate of drug-likeness (QED) is 0.599. The first kappa shape index (κ1) is 20.2. The molecule has 1 aliphatic rings. The molecule has 1 N–H and O–H groups in total. The van der Waals surface area contributed by atoms with Crippen LogP contribution in [0.2, 0.25) is 0 Å². The smallest absolute Gasteiger partial charge is 0.265 e. The zero-order valence-corrected chi connectivity index (χ0v) is 17.3. The lowest BCUT2D eigenvalue weighted by molar-refractivity contribution is -0.619. The van der Waals surface area contributed by atoms with Gasteiger partial charge >= 0.3 is 0 Å². The Labute approximate surface area is 167 Å². The number of rotatable bonds is 5. The van der Waals surface area contributed by atoms with E-state index in [1.165, 1.54) is 19.3 Å². The van der Waals surface area contributed by atoms with Crippen molar-refractivity contribution in [2.75, 3.05) is 11.9 Å². The molecule has 0 bridgehead atoms. The first-order chi connectivity index (χ1) is 13.4. The normalized spacial score (nSPS) is 14.7. The highest BCUT2D eigenvalue weighted by Crippen LogP contribution is 2.28. The summed E-state index contributed by atoms with van der Waals surface area (Å²) in [6, 6.07) is 7.47. The Balaban J connectivity index is 1.88. The monoisotopic (exact) mass is 382 g/mol. The molecule has 1 heterocycles. The maximum absolute atomic E-state index is 13.1. The van der Waals surface area contributed by atoms with E-state index in [2.05, 4.69) is 5.32 Å². The van der Waals surface area contributed by atoms with E-state index in [0.29, 0.717) is 35.2 Å². The number of nitrogens with one attached hydrogen (secondary N) is 1. The Kier molecular flexibility index (Phi) is 6.22. The van der Waals surface area contributed by atoms with Gasteiger partial charge in [-0.3, -0.25) is 4.79 Å².